The zero-order chi connectivity index (χ0) is 56.5. The van der Waals surface area contributed by atoms with E-state index < -0.39 is 0 Å². The van der Waals surface area contributed by atoms with Gasteiger partial charge in [0.2, 0.25) is 17.7 Å². The monoisotopic (exact) mass is 1110 g/mol. The third-order valence-corrected chi connectivity index (χ3v) is 16.5. The summed E-state index contributed by atoms with van der Waals surface area (Å²) in [6.07, 6.45) is 34.7. The van der Waals surface area contributed by atoms with Crippen LogP contribution in [0.3, 0.4) is 0 Å². The van der Waals surface area contributed by atoms with Crippen molar-refractivity contribution in [2.45, 2.75) is 233 Å². The predicted molar refractivity (Wildman–Crippen MR) is 332 cm³/mol. The zero-order valence-corrected chi connectivity index (χ0v) is 50.9. The Morgan fingerprint density at radius 3 is 1.11 bits per heavy atom. The number of rotatable bonds is 30. The van der Waals surface area contributed by atoms with E-state index in [9.17, 15) is 14.4 Å². The molecule has 0 fully saturated rings. The third-order valence-electron chi connectivity index (χ3n) is 16.5. The summed E-state index contributed by atoms with van der Waals surface area (Å²) in [6, 6.07) is 24.5. The highest BCUT2D eigenvalue weighted by atomic mass is 16.5. The molecule has 3 aromatic rings. The average molecular weight is 1110 g/mol. The number of unbranched alkanes of at least 4 members (excludes halogenated alkanes) is 24. The van der Waals surface area contributed by atoms with Gasteiger partial charge >= 0.3 is 0 Å². The van der Waals surface area contributed by atoms with Crippen LogP contribution >= 0.6 is 0 Å². The molecule has 0 N–H and O–H groups in total. The number of amides is 3. The fourth-order valence-corrected chi connectivity index (χ4v) is 11.4. The molecule has 3 heterocycles. The largest absolute Gasteiger partial charge is 0.492 e. The predicted octanol–water partition coefficient (Wildman–Crippen LogP) is 16.0. The first-order valence-electron chi connectivity index (χ1n) is 32.8. The Bertz CT molecular complexity index is 2000. The maximum Gasteiger partial charge on any atom is 0.227 e. The number of para-hydroxylation sites is 4. The summed E-state index contributed by atoms with van der Waals surface area (Å²) in [6.45, 7) is 14.5. The van der Waals surface area contributed by atoms with Crippen LogP contribution in [-0.2, 0) is 27.5 Å². The minimum absolute atomic E-state index is 0.134. The number of nitrogens with zero attached hydrogens (tertiary/aromatic N) is 5. The van der Waals surface area contributed by atoms with Crippen LogP contribution in [0.5, 0.6) is 17.2 Å². The highest BCUT2D eigenvalue weighted by Gasteiger charge is 2.24. The summed E-state index contributed by atoms with van der Waals surface area (Å²) < 4.78 is 20.0. The van der Waals surface area contributed by atoms with Gasteiger partial charge in [0.15, 0.2) is 0 Å². The molecule has 448 valence electrons. The first-order valence-corrected chi connectivity index (χ1v) is 32.8. The summed E-state index contributed by atoms with van der Waals surface area (Å²) in [7, 11) is 0. The van der Waals surface area contributed by atoms with E-state index in [4.69, 9.17) is 14.2 Å². The highest BCUT2D eigenvalue weighted by Crippen LogP contribution is 2.30. The molecule has 11 nitrogen and oxygen atoms in total. The lowest BCUT2D eigenvalue weighted by Gasteiger charge is -2.32. The van der Waals surface area contributed by atoms with E-state index in [1.54, 1.807) is 0 Å². The Labute approximate surface area is 487 Å². The Hall–Kier alpha value is -4.61. The second kappa shape index (κ2) is 42.2. The van der Waals surface area contributed by atoms with Gasteiger partial charge < -0.3 is 28.9 Å². The second-order valence-electron chi connectivity index (χ2n) is 23.2. The molecule has 2 bridgehead atoms. The van der Waals surface area contributed by atoms with E-state index in [1.807, 2.05) is 65.6 Å². The lowest BCUT2D eigenvalue weighted by molar-refractivity contribution is -0.132. The third kappa shape index (κ3) is 27.0. The van der Waals surface area contributed by atoms with Gasteiger partial charge in [-0.15, -0.1) is 0 Å². The van der Waals surface area contributed by atoms with E-state index in [0.717, 1.165) is 79.7 Å². The van der Waals surface area contributed by atoms with Crippen molar-refractivity contribution in [2.75, 3.05) is 83.6 Å². The number of anilines is 1. The van der Waals surface area contributed by atoms with Crippen molar-refractivity contribution >= 4 is 23.4 Å². The minimum Gasteiger partial charge on any atom is -0.492 e. The maximum atomic E-state index is 14.6. The van der Waals surface area contributed by atoms with Gasteiger partial charge in [0.25, 0.3) is 0 Å². The van der Waals surface area contributed by atoms with Crippen molar-refractivity contribution in [3.63, 3.8) is 0 Å². The number of hydrogen-bond donors (Lipinski definition) is 0. The van der Waals surface area contributed by atoms with Crippen molar-refractivity contribution in [1.82, 2.24) is 19.6 Å². The minimum atomic E-state index is 0.134. The molecule has 3 aliphatic rings. The number of fused-ring (bicyclic) bond motifs is 15. The molecule has 0 saturated heterocycles. The Morgan fingerprint density at radius 1 is 0.350 bits per heavy atom. The maximum absolute atomic E-state index is 14.6. The highest BCUT2D eigenvalue weighted by molar-refractivity contribution is 5.94. The molecule has 0 aliphatic carbocycles. The van der Waals surface area contributed by atoms with Gasteiger partial charge in [0, 0.05) is 95.8 Å². The fraction of sp³-hybridized carbons (Fsp3) is 0.696. The molecule has 0 aromatic heterocycles. The fourth-order valence-electron chi connectivity index (χ4n) is 11.4. The summed E-state index contributed by atoms with van der Waals surface area (Å²) >= 11 is 0. The second-order valence-corrected chi connectivity index (χ2v) is 23.2. The summed E-state index contributed by atoms with van der Waals surface area (Å²) in [5.74, 6) is 2.81. The Kier molecular flexibility index (Phi) is 35.0. The van der Waals surface area contributed by atoms with Crippen LogP contribution in [0.2, 0.25) is 0 Å². The first kappa shape index (κ1) is 66.2. The Morgan fingerprint density at radius 2 is 0.688 bits per heavy atom. The van der Waals surface area contributed by atoms with Crippen LogP contribution in [0.1, 0.15) is 231 Å². The Balaban J connectivity index is 1.44. The van der Waals surface area contributed by atoms with Crippen molar-refractivity contribution < 1.29 is 28.6 Å². The van der Waals surface area contributed by atoms with E-state index in [1.165, 1.54) is 128 Å². The van der Waals surface area contributed by atoms with Crippen LogP contribution in [0.4, 0.5) is 5.69 Å². The molecule has 3 aromatic carbocycles. The first-order chi connectivity index (χ1) is 39.4. The van der Waals surface area contributed by atoms with E-state index in [2.05, 4.69) is 52.5 Å². The molecule has 3 aliphatic heterocycles. The van der Waals surface area contributed by atoms with Gasteiger partial charge in [-0.1, -0.05) is 223 Å². The van der Waals surface area contributed by atoms with E-state index in [-0.39, 0.29) is 17.7 Å². The van der Waals surface area contributed by atoms with E-state index in [0.29, 0.717) is 117 Å². The number of ether oxygens (including phenoxy) is 3. The van der Waals surface area contributed by atoms with Gasteiger partial charge in [-0.25, -0.2) is 0 Å². The molecule has 0 atom stereocenters. The number of carbonyl (C=O) groups is 3. The SMILES string of the molecule is CCCCCCCCCCCC(=O)N1CCN2CCCN(C(=O)CCCCCCCCCCC)c3ccccc3OCCN(CCOc3ccccc3C1)CCOc1ccccc1CN(C(=O)CCCCCCCCCCC)CC2. The van der Waals surface area contributed by atoms with Gasteiger partial charge in [-0.2, -0.15) is 0 Å². The average Bonchev–Trinajstić information content (AvgIpc) is 3.47. The van der Waals surface area contributed by atoms with Gasteiger partial charge in [0.1, 0.15) is 37.1 Å². The molecule has 0 unspecified atom stereocenters. The molecule has 0 radical (unpaired) electrons. The number of hydrogen-bond acceptors (Lipinski definition) is 8. The van der Waals surface area contributed by atoms with E-state index >= 15 is 0 Å². The molecular formula is C69H111N5O6. The molecule has 6 rings (SSSR count). The summed E-state index contributed by atoms with van der Waals surface area (Å²) in [4.78, 5) is 54.7. The van der Waals surface area contributed by atoms with Gasteiger partial charge in [-0.05, 0) is 56.5 Å². The topological polar surface area (TPSA) is 95.1 Å². The number of benzene rings is 3. The van der Waals surface area contributed by atoms with Crippen molar-refractivity contribution in [1.29, 1.82) is 0 Å². The van der Waals surface area contributed by atoms with Crippen LogP contribution in [0, 0.1) is 0 Å². The molecule has 80 heavy (non-hydrogen) atoms. The van der Waals surface area contributed by atoms with Crippen LogP contribution < -0.4 is 19.1 Å². The van der Waals surface area contributed by atoms with Crippen molar-refractivity contribution in [2.24, 2.45) is 0 Å². The quantitative estimate of drug-likeness (QED) is 0.0609. The zero-order valence-electron chi connectivity index (χ0n) is 50.9. The summed E-state index contributed by atoms with van der Waals surface area (Å²) in [5.41, 5.74) is 2.82. The van der Waals surface area contributed by atoms with Crippen LogP contribution in [-0.4, -0.2) is 116 Å². The lowest BCUT2D eigenvalue weighted by atomic mass is 10.1. The molecule has 0 saturated carbocycles. The lowest BCUT2D eigenvalue weighted by Crippen LogP contribution is -2.43. The van der Waals surface area contributed by atoms with Crippen molar-refractivity contribution in [3.05, 3.63) is 83.9 Å². The molecule has 0 spiro atoms. The molecule has 3 amide bonds. The van der Waals surface area contributed by atoms with Crippen molar-refractivity contribution in [3.8, 4) is 17.2 Å². The normalized spacial score (nSPS) is 17.1. The number of carbonyl (C=O) groups excluding carboxylic acids is 3. The van der Waals surface area contributed by atoms with Crippen LogP contribution in [0.25, 0.3) is 0 Å². The standard InChI is InChI=1S/C69H111N5O6/c1-4-7-10-13-16-19-22-25-28-44-67(75)72-51-49-70-47-37-48-74(69(77)46-30-27-24-21-18-15-12-9-6-3)63-40-33-36-43-66(63)80-58-55-71(53-56-78-64-41-34-31-38-61(64)59-72)54-57-79-65-42-35-32-39-62(65)60-73(52-50-70)68(76)45-29-26-23-20-17-14-11-8-5-2/h31-36,38-43H,4-30,37,44-60H2,1-3H3. The summed E-state index contributed by atoms with van der Waals surface area (Å²) in [5, 5.41) is 0. The smallest absolute Gasteiger partial charge is 0.227 e. The molecular weight excluding hydrogens is 995 g/mol. The van der Waals surface area contributed by atoms with Gasteiger partial charge in [-0.3, -0.25) is 24.2 Å². The van der Waals surface area contributed by atoms with Crippen LogP contribution in [0.15, 0.2) is 72.8 Å². The van der Waals surface area contributed by atoms with Gasteiger partial charge in [0.05, 0.1) is 5.69 Å². The molecule has 11 heteroatoms.